The van der Waals surface area contributed by atoms with Crippen molar-refractivity contribution in [2.45, 2.75) is 6.42 Å². The summed E-state index contributed by atoms with van der Waals surface area (Å²) in [7, 11) is -1.87. The molecule has 0 aliphatic carbocycles. The molecule has 0 bridgehead atoms. The molecular weight excluding hydrogens is 254 g/mol. The molecule has 0 aromatic heterocycles. The van der Waals surface area contributed by atoms with Crippen LogP contribution in [0.2, 0.25) is 0 Å². The Morgan fingerprint density at radius 1 is 1.50 bits per heavy atom. The molecule has 0 amide bonds. The van der Waals surface area contributed by atoms with Crippen molar-refractivity contribution in [1.29, 1.82) is 5.41 Å². The Labute approximate surface area is 107 Å². The number of rotatable bonds is 7. The number of nitrogens with one attached hydrogen (secondary N) is 2. The van der Waals surface area contributed by atoms with Gasteiger partial charge in [-0.25, -0.2) is 8.42 Å². The molecule has 0 aliphatic heterocycles. The standard InChI is InChI=1S/C11H17N3O3S/c1-17-6-3-7-18(15,16)14-10-5-2-4-9(8-10)11(12)13/h2,4-5,8,14H,3,6-7H2,1H3,(H3,12,13). The topological polar surface area (TPSA) is 105 Å². The first-order valence-corrected chi connectivity index (χ1v) is 7.04. The number of methoxy groups -OCH3 is 1. The predicted molar refractivity (Wildman–Crippen MR) is 71.4 cm³/mol. The van der Waals surface area contributed by atoms with E-state index in [0.717, 1.165) is 0 Å². The average molecular weight is 271 g/mol. The second-order valence-corrected chi connectivity index (χ2v) is 5.60. The van der Waals surface area contributed by atoms with Gasteiger partial charge in [0.25, 0.3) is 0 Å². The number of hydrogen-bond acceptors (Lipinski definition) is 4. The lowest BCUT2D eigenvalue weighted by Gasteiger charge is -2.08. The van der Waals surface area contributed by atoms with Crippen molar-refractivity contribution in [3.63, 3.8) is 0 Å². The lowest BCUT2D eigenvalue weighted by atomic mass is 10.2. The maximum absolute atomic E-state index is 11.7. The largest absolute Gasteiger partial charge is 0.385 e. The Morgan fingerprint density at radius 3 is 2.83 bits per heavy atom. The minimum Gasteiger partial charge on any atom is -0.385 e. The van der Waals surface area contributed by atoms with Crippen molar-refractivity contribution >= 4 is 21.5 Å². The van der Waals surface area contributed by atoms with E-state index in [9.17, 15) is 8.42 Å². The van der Waals surface area contributed by atoms with E-state index in [2.05, 4.69) is 4.72 Å². The van der Waals surface area contributed by atoms with Crippen LogP contribution < -0.4 is 10.5 Å². The highest BCUT2D eigenvalue weighted by Crippen LogP contribution is 2.12. The highest BCUT2D eigenvalue weighted by atomic mass is 32.2. The summed E-state index contributed by atoms with van der Waals surface area (Å²) in [6, 6.07) is 6.42. The van der Waals surface area contributed by atoms with Crippen molar-refractivity contribution in [1.82, 2.24) is 0 Å². The Hall–Kier alpha value is -1.60. The second-order valence-electron chi connectivity index (χ2n) is 3.76. The van der Waals surface area contributed by atoms with Crippen LogP contribution in [0.3, 0.4) is 0 Å². The van der Waals surface area contributed by atoms with E-state index in [1.807, 2.05) is 0 Å². The molecule has 0 unspecified atom stereocenters. The van der Waals surface area contributed by atoms with Crippen molar-refractivity contribution < 1.29 is 13.2 Å². The summed E-state index contributed by atoms with van der Waals surface area (Å²) in [4.78, 5) is 0. The lowest BCUT2D eigenvalue weighted by molar-refractivity contribution is 0.199. The van der Waals surface area contributed by atoms with Gasteiger partial charge < -0.3 is 10.5 Å². The van der Waals surface area contributed by atoms with E-state index < -0.39 is 10.0 Å². The van der Waals surface area contributed by atoms with Crippen molar-refractivity contribution in [2.75, 3.05) is 24.2 Å². The van der Waals surface area contributed by atoms with Crippen LogP contribution in [0.1, 0.15) is 12.0 Å². The zero-order valence-electron chi connectivity index (χ0n) is 10.1. The van der Waals surface area contributed by atoms with Gasteiger partial charge in [-0.2, -0.15) is 0 Å². The van der Waals surface area contributed by atoms with Gasteiger partial charge in [0.2, 0.25) is 10.0 Å². The number of benzene rings is 1. The van der Waals surface area contributed by atoms with E-state index >= 15 is 0 Å². The summed E-state index contributed by atoms with van der Waals surface area (Å²) < 4.78 is 30.6. The first-order chi connectivity index (χ1) is 8.44. The van der Waals surface area contributed by atoms with Gasteiger partial charge in [-0.15, -0.1) is 0 Å². The normalized spacial score (nSPS) is 11.2. The first-order valence-electron chi connectivity index (χ1n) is 5.38. The van der Waals surface area contributed by atoms with Crippen LogP contribution in [-0.2, 0) is 14.8 Å². The summed E-state index contributed by atoms with van der Waals surface area (Å²) in [5.41, 5.74) is 6.22. The van der Waals surface area contributed by atoms with Gasteiger partial charge in [0.05, 0.1) is 5.75 Å². The van der Waals surface area contributed by atoms with Gasteiger partial charge in [0.1, 0.15) is 5.84 Å². The van der Waals surface area contributed by atoms with Crippen LogP contribution in [0.4, 0.5) is 5.69 Å². The van der Waals surface area contributed by atoms with Gasteiger partial charge >= 0.3 is 0 Å². The SMILES string of the molecule is COCCCS(=O)(=O)Nc1cccc(C(=N)N)c1. The summed E-state index contributed by atoms with van der Waals surface area (Å²) >= 11 is 0. The number of amidine groups is 1. The fraction of sp³-hybridized carbons (Fsp3) is 0.364. The molecule has 0 heterocycles. The monoisotopic (exact) mass is 271 g/mol. The summed E-state index contributed by atoms with van der Waals surface area (Å²) in [6.45, 7) is 0.397. The third kappa shape index (κ3) is 4.72. The third-order valence-electron chi connectivity index (χ3n) is 2.21. The van der Waals surface area contributed by atoms with Crippen molar-refractivity contribution in [2.24, 2.45) is 5.73 Å². The van der Waals surface area contributed by atoms with E-state index in [1.165, 1.54) is 13.2 Å². The smallest absolute Gasteiger partial charge is 0.232 e. The number of sulfonamides is 1. The first kappa shape index (κ1) is 14.5. The van der Waals surface area contributed by atoms with Gasteiger partial charge in [0, 0.05) is 25.0 Å². The Bertz CT molecular complexity index is 514. The highest BCUT2D eigenvalue weighted by Gasteiger charge is 2.10. The lowest BCUT2D eigenvalue weighted by Crippen LogP contribution is -2.18. The fourth-order valence-corrected chi connectivity index (χ4v) is 2.46. The second kappa shape index (κ2) is 6.36. The molecule has 1 rings (SSSR count). The maximum atomic E-state index is 11.7. The summed E-state index contributed by atoms with van der Waals surface area (Å²) in [5, 5.41) is 7.28. The minimum atomic E-state index is -3.39. The van der Waals surface area contributed by atoms with E-state index in [-0.39, 0.29) is 11.6 Å². The molecule has 6 nitrogen and oxygen atoms in total. The number of anilines is 1. The molecule has 0 spiro atoms. The molecule has 0 atom stereocenters. The molecule has 18 heavy (non-hydrogen) atoms. The summed E-state index contributed by atoms with van der Waals surface area (Å²) in [6.07, 6.45) is 0.429. The van der Waals surface area contributed by atoms with Gasteiger partial charge in [0.15, 0.2) is 0 Å². The molecule has 1 aromatic carbocycles. The molecular formula is C11H17N3O3S. The highest BCUT2D eigenvalue weighted by molar-refractivity contribution is 7.92. The minimum absolute atomic E-state index is 0.00879. The number of nitrogens with two attached hydrogens (primary N) is 1. The van der Waals surface area contributed by atoms with Gasteiger partial charge in [-0.1, -0.05) is 12.1 Å². The molecule has 0 saturated carbocycles. The Morgan fingerprint density at radius 2 is 2.22 bits per heavy atom. The molecule has 4 N–H and O–H groups in total. The predicted octanol–water partition coefficient (Wildman–Crippen LogP) is 0.749. The zero-order valence-corrected chi connectivity index (χ0v) is 11.0. The molecule has 0 aliphatic rings. The molecule has 1 aromatic rings. The zero-order chi connectivity index (χ0) is 13.6. The van der Waals surface area contributed by atoms with Crippen LogP contribution >= 0.6 is 0 Å². The van der Waals surface area contributed by atoms with E-state index in [4.69, 9.17) is 15.9 Å². The number of ether oxygens (including phenoxy) is 1. The third-order valence-corrected chi connectivity index (χ3v) is 3.58. The van der Waals surface area contributed by atoms with Gasteiger partial charge in [-0.05, 0) is 18.6 Å². The Balaban J connectivity index is 2.72. The maximum Gasteiger partial charge on any atom is 0.232 e. The molecule has 0 saturated heterocycles. The van der Waals surface area contributed by atoms with Crippen LogP contribution in [0.25, 0.3) is 0 Å². The van der Waals surface area contributed by atoms with Crippen LogP contribution in [0, 0.1) is 5.41 Å². The number of hydrogen-bond donors (Lipinski definition) is 3. The van der Waals surface area contributed by atoms with Gasteiger partial charge in [-0.3, -0.25) is 10.1 Å². The Kier molecular flexibility index (Phi) is 5.11. The summed E-state index contributed by atoms with van der Waals surface area (Å²) in [5.74, 6) is -0.110. The quantitative estimate of drug-likeness (QED) is 0.386. The fourth-order valence-electron chi connectivity index (χ4n) is 1.37. The van der Waals surface area contributed by atoms with Crippen molar-refractivity contribution in [3.05, 3.63) is 29.8 Å². The molecule has 100 valence electrons. The van der Waals surface area contributed by atoms with Crippen LogP contribution in [0.5, 0.6) is 0 Å². The van der Waals surface area contributed by atoms with Crippen LogP contribution in [-0.4, -0.2) is 33.7 Å². The van der Waals surface area contributed by atoms with Crippen LogP contribution in [0.15, 0.2) is 24.3 Å². The number of nitrogen functional groups attached to an aromatic ring is 1. The average Bonchev–Trinajstić information content (AvgIpc) is 2.28. The van der Waals surface area contributed by atoms with E-state index in [1.54, 1.807) is 18.2 Å². The molecule has 0 radical (unpaired) electrons. The van der Waals surface area contributed by atoms with Crippen molar-refractivity contribution in [3.8, 4) is 0 Å². The molecule has 0 fully saturated rings. The van der Waals surface area contributed by atoms with E-state index in [0.29, 0.717) is 24.3 Å². The molecule has 7 heteroatoms.